The Morgan fingerprint density at radius 2 is 1.71 bits per heavy atom. The van der Waals surface area contributed by atoms with E-state index in [4.69, 9.17) is 4.74 Å². The van der Waals surface area contributed by atoms with Gasteiger partial charge in [-0.2, -0.15) is 0 Å². The minimum Gasteiger partial charge on any atom is -0.384 e. The van der Waals surface area contributed by atoms with Crippen molar-refractivity contribution in [3.63, 3.8) is 0 Å². The number of piperidine rings is 1. The van der Waals surface area contributed by atoms with Crippen molar-refractivity contribution in [1.29, 1.82) is 0 Å². The topological polar surface area (TPSA) is 59.5 Å². The lowest BCUT2D eigenvalue weighted by Gasteiger charge is -2.35. The molecule has 0 radical (unpaired) electrons. The molecule has 2 heterocycles. The summed E-state index contributed by atoms with van der Waals surface area (Å²) in [4.78, 5) is 5.33. The van der Waals surface area contributed by atoms with Crippen molar-refractivity contribution in [1.82, 2.24) is 4.98 Å². The second-order valence-electron chi connectivity index (χ2n) is 7.63. The van der Waals surface area contributed by atoms with E-state index >= 15 is 0 Å². The lowest BCUT2D eigenvalue weighted by atomic mass is 9.97. The summed E-state index contributed by atoms with van der Waals surface area (Å²) in [5.74, 6) is -2.19. The first-order valence-electron chi connectivity index (χ1n) is 9.83. The second kappa shape index (κ2) is 8.47. The Morgan fingerprint density at radius 1 is 1.03 bits per heavy atom. The molecule has 1 aromatic heterocycles. The van der Waals surface area contributed by atoms with E-state index in [1.807, 2.05) is 4.90 Å². The predicted octanol–water partition coefficient (Wildman–Crippen LogP) is 4.35. The van der Waals surface area contributed by atoms with Crippen LogP contribution in [0.5, 0.6) is 0 Å². The number of anilines is 1. The summed E-state index contributed by atoms with van der Waals surface area (Å²) in [5.41, 5.74) is 0.727. The van der Waals surface area contributed by atoms with Crippen LogP contribution in [-0.2, 0) is 14.6 Å². The first kappa shape index (κ1) is 21.6. The standard InChI is InChI=1S/C22H21F3N2O3S/c1-30-13-14-4-6-27(7-5-14)22-19-11-15(23)2-3-20(19)26-12-21(22)31(28,29)18-9-16(24)8-17(25)10-18/h2-3,8-12,14H,4-7,13H2,1H3. The van der Waals surface area contributed by atoms with Gasteiger partial charge in [-0.25, -0.2) is 21.6 Å². The molecule has 1 aliphatic heterocycles. The maximum Gasteiger partial charge on any atom is 0.210 e. The molecule has 0 saturated carbocycles. The highest BCUT2D eigenvalue weighted by atomic mass is 32.2. The number of hydrogen-bond acceptors (Lipinski definition) is 5. The lowest BCUT2D eigenvalue weighted by Crippen LogP contribution is -2.36. The zero-order valence-corrected chi connectivity index (χ0v) is 17.6. The maximum absolute atomic E-state index is 14.1. The Morgan fingerprint density at radius 3 is 2.35 bits per heavy atom. The molecule has 0 aliphatic carbocycles. The molecule has 0 amide bonds. The molecule has 0 unspecified atom stereocenters. The molecular formula is C22H21F3N2O3S. The van der Waals surface area contributed by atoms with E-state index in [9.17, 15) is 21.6 Å². The van der Waals surface area contributed by atoms with Crippen LogP contribution in [0.3, 0.4) is 0 Å². The van der Waals surface area contributed by atoms with E-state index in [1.54, 1.807) is 7.11 Å². The molecule has 164 valence electrons. The Labute approximate surface area is 178 Å². The van der Waals surface area contributed by atoms with Gasteiger partial charge < -0.3 is 9.64 Å². The van der Waals surface area contributed by atoms with E-state index in [2.05, 4.69) is 4.98 Å². The smallest absolute Gasteiger partial charge is 0.210 e. The summed E-state index contributed by atoms with van der Waals surface area (Å²) in [6.07, 6.45) is 2.71. The van der Waals surface area contributed by atoms with Crippen molar-refractivity contribution >= 4 is 26.4 Å². The van der Waals surface area contributed by atoms with Crippen LogP contribution in [0.4, 0.5) is 18.9 Å². The Hall–Kier alpha value is -2.65. The van der Waals surface area contributed by atoms with Gasteiger partial charge in [0.25, 0.3) is 0 Å². The predicted molar refractivity (Wildman–Crippen MR) is 110 cm³/mol. The first-order valence-corrected chi connectivity index (χ1v) is 11.3. The number of methoxy groups -OCH3 is 1. The minimum atomic E-state index is -4.32. The summed E-state index contributed by atoms with van der Waals surface area (Å²) in [7, 11) is -2.69. The largest absolute Gasteiger partial charge is 0.384 e. The third-order valence-corrected chi connectivity index (χ3v) is 7.27. The lowest BCUT2D eigenvalue weighted by molar-refractivity contribution is 0.139. The highest BCUT2D eigenvalue weighted by Gasteiger charge is 2.30. The molecule has 0 N–H and O–H groups in total. The fourth-order valence-corrected chi connectivity index (χ4v) is 5.50. The van der Waals surface area contributed by atoms with Crippen LogP contribution in [-0.4, -0.2) is 40.2 Å². The molecule has 3 aromatic rings. The Kier molecular flexibility index (Phi) is 5.90. The monoisotopic (exact) mass is 450 g/mol. The van der Waals surface area contributed by atoms with E-state index < -0.39 is 32.2 Å². The average Bonchev–Trinajstić information content (AvgIpc) is 2.73. The molecule has 0 bridgehead atoms. The average molecular weight is 450 g/mol. The summed E-state index contributed by atoms with van der Waals surface area (Å²) in [6.45, 7) is 1.67. The van der Waals surface area contributed by atoms with Crippen LogP contribution in [0.25, 0.3) is 10.9 Å². The summed E-state index contributed by atoms with van der Waals surface area (Å²) >= 11 is 0. The third kappa shape index (κ3) is 4.24. The fraction of sp³-hybridized carbons (Fsp3) is 0.318. The molecular weight excluding hydrogens is 429 g/mol. The quantitative estimate of drug-likeness (QED) is 0.579. The SMILES string of the molecule is COCC1CCN(c2c(S(=O)(=O)c3cc(F)cc(F)c3)cnc3ccc(F)cc23)CC1. The van der Waals surface area contributed by atoms with Gasteiger partial charge in [-0.15, -0.1) is 0 Å². The Balaban J connectivity index is 1.88. The van der Waals surface area contributed by atoms with Gasteiger partial charge >= 0.3 is 0 Å². The van der Waals surface area contributed by atoms with Gasteiger partial charge in [0, 0.05) is 44.5 Å². The number of ether oxygens (including phenoxy) is 1. The third-order valence-electron chi connectivity index (χ3n) is 5.54. The summed E-state index contributed by atoms with van der Waals surface area (Å²) < 4.78 is 73.6. The number of benzene rings is 2. The van der Waals surface area contributed by atoms with E-state index in [1.165, 1.54) is 24.4 Å². The Bertz CT molecular complexity index is 1210. The number of fused-ring (bicyclic) bond motifs is 1. The number of halogens is 3. The minimum absolute atomic E-state index is 0.208. The number of rotatable bonds is 5. The molecule has 1 aliphatic rings. The van der Waals surface area contributed by atoms with E-state index in [0.717, 1.165) is 25.0 Å². The van der Waals surface area contributed by atoms with Crippen molar-refractivity contribution in [2.75, 3.05) is 31.7 Å². The molecule has 5 nitrogen and oxygen atoms in total. The molecule has 2 aromatic carbocycles. The number of pyridine rings is 1. The zero-order chi connectivity index (χ0) is 22.2. The highest BCUT2D eigenvalue weighted by molar-refractivity contribution is 7.91. The number of aromatic nitrogens is 1. The van der Waals surface area contributed by atoms with Gasteiger partial charge in [-0.05, 0) is 49.1 Å². The van der Waals surface area contributed by atoms with Gasteiger partial charge in [0.05, 0.1) is 16.1 Å². The molecule has 31 heavy (non-hydrogen) atoms. The van der Waals surface area contributed by atoms with Crippen LogP contribution < -0.4 is 4.90 Å². The molecule has 9 heteroatoms. The van der Waals surface area contributed by atoms with Gasteiger partial charge in [-0.1, -0.05) is 0 Å². The molecule has 1 saturated heterocycles. The van der Waals surface area contributed by atoms with Crippen molar-refractivity contribution in [2.24, 2.45) is 5.92 Å². The van der Waals surface area contributed by atoms with Crippen molar-refractivity contribution < 1.29 is 26.3 Å². The summed E-state index contributed by atoms with van der Waals surface area (Å²) in [5, 5.41) is 0.336. The van der Waals surface area contributed by atoms with Crippen LogP contribution >= 0.6 is 0 Å². The van der Waals surface area contributed by atoms with Gasteiger partial charge in [-0.3, -0.25) is 4.98 Å². The van der Waals surface area contributed by atoms with Crippen molar-refractivity contribution in [2.45, 2.75) is 22.6 Å². The van der Waals surface area contributed by atoms with Crippen molar-refractivity contribution in [3.8, 4) is 0 Å². The molecule has 1 fully saturated rings. The van der Waals surface area contributed by atoms with Gasteiger partial charge in [0.1, 0.15) is 22.3 Å². The van der Waals surface area contributed by atoms with Gasteiger partial charge in [0.15, 0.2) is 0 Å². The number of hydrogen-bond donors (Lipinski definition) is 0. The summed E-state index contributed by atoms with van der Waals surface area (Å²) in [6, 6.07) is 6.11. The molecule has 4 rings (SSSR count). The van der Waals surface area contributed by atoms with Crippen LogP contribution in [0.15, 0.2) is 52.4 Å². The van der Waals surface area contributed by atoms with E-state index in [-0.39, 0.29) is 4.90 Å². The van der Waals surface area contributed by atoms with Crippen LogP contribution in [0.2, 0.25) is 0 Å². The number of nitrogens with zero attached hydrogens (tertiary/aromatic N) is 2. The number of sulfone groups is 1. The van der Waals surface area contributed by atoms with Crippen molar-refractivity contribution in [3.05, 3.63) is 60.0 Å². The first-order chi connectivity index (χ1) is 14.8. The van der Waals surface area contributed by atoms with Crippen LogP contribution in [0, 0.1) is 23.4 Å². The molecule has 0 atom stereocenters. The normalized spacial score (nSPS) is 15.5. The maximum atomic E-state index is 14.1. The zero-order valence-electron chi connectivity index (χ0n) is 16.8. The van der Waals surface area contributed by atoms with Crippen LogP contribution in [0.1, 0.15) is 12.8 Å². The van der Waals surface area contributed by atoms with Gasteiger partial charge in [0.2, 0.25) is 9.84 Å². The molecule has 0 spiro atoms. The van der Waals surface area contributed by atoms with E-state index in [0.29, 0.717) is 48.3 Å². The highest BCUT2D eigenvalue weighted by Crippen LogP contribution is 2.38. The second-order valence-corrected chi connectivity index (χ2v) is 9.54. The fourth-order valence-electron chi connectivity index (χ4n) is 4.02.